The van der Waals surface area contributed by atoms with Crippen LogP contribution in [0.1, 0.15) is 47.8 Å². The Balaban J connectivity index is 1.62. The number of nitrogens with zero attached hydrogens (tertiary/aromatic N) is 2. The van der Waals surface area contributed by atoms with Gasteiger partial charge < -0.3 is 10.2 Å². The van der Waals surface area contributed by atoms with Crippen molar-refractivity contribution in [2.75, 3.05) is 25.0 Å². The number of hydrogen-bond acceptors (Lipinski definition) is 4. The molecule has 0 radical (unpaired) electrons. The third kappa shape index (κ3) is 5.48. The molecule has 1 N–H and O–H groups in total. The molecule has 5 rings (SSSR count). The number of amides is 2. The highest BCUT2D eigenvalue weighted by Gasteiger charge is 2.37. The molecule has 0 aliphatic carbocycles. The number of fused-ring (bicyclic) bond motifs is 1. The van der Waals surface area contributed by atoms with Crippen LogP contribution in [0.5, 0.6) is 0 Å². The molecule has 3 unspecified atom stereocenters. The van der Waals surface area contributed by atoms with Gasteiger partial charge in [-0.2, -0.15) is 4.31 Å². The number of carbonyl (C=O) groups is 2. The number of piperidine rings is 1. The summed E-state index contributed by atoms with van der Waals surface area (Å²) in [6.07, 6.45) is 0.927. The summed E-state index contributed by atoms with van der Waals surface area (Å²) < 4.78 is 43.9. The van der Waals surface area contributed by atoms with Gasteiger partial charge in [0.25, 0.3) is 5.91 Å². The van der Waals surface area contributed by atoms with E-state index >= 15 is 4.39 Å². The van der Waals surface area contributed by atoms with E-state index in [1.807, 2.05) is 13.8 Å². The molecule has 2 aliphatic rings. The van der Waals surface area contributed by atoms with Gasteiger partial charge in [-0.25, -0.2) is 12.8 Å². The zero-order chi connectivity index (χ0) is 28.8. The van der Waals surface area contributed by atoms with Crippen LogP contribution in [0.2, 0.25) is 10.0 Å². The van der Waals surface area contributed by atoms with Crippen molar-refractivity contribution in [2.24, 2.45) is 11.8 Å². The summed E-state index contributed by atoms with van der Waals surface area (Å²) in [7, 11) is -3.93. The predicted molar refractivity (Wildman–Crippen MR) is 153 cm³/mol. The van der Waals surface area contributed by atoms with Gasteiger partial charge in [-0.15, -0.1) is 0 Å². The largest absolute Gasteiger partial charge is 0.324 e. The van der Waals surface area contributed by atoms with Gasteiger partial charge in [0.15, 0.2) is 0 Å². The van der Waals surface area contributed by atoms with Crippen LogP contribution >= 0.6 is 23.2 Å². The van der Waals surface area contributed by atoms with Crippen molar-refractivity contribution in [3.05, 3.63) is 93.2 Å². The molecule has 7 nitrogen and oxygen atoms in total. The number of rotatable bonds is 4. The summed E-state index contributed by atoms with van der Waals surface area (Å²) in [5.41, 5.74) is 0.828. The van der Waals surface area contributed by atoms with Gasteiger partial charge in [-0.3, -0.25) is 9.59 Å². The Morgan fingerprint density at radius 3 is 2.38 bits per heavy atom. The summed E-state index contributed by atoms with van der Waals surface area (Å²) in [5.74, 6) is -1.43. The van der Waals surface area contributed by atoms with Gasteiger partial charge in [-0.1, -0.05) is 55.2 Å². The lowest BCUT2D eigenvalue weighted by molar-refractivity contribution is -0.117. The van der Waals surface area contributed by atoms with Crippen LogP contribution in [0.4, 0.5) is 10.1 Å². The minimum atomic E-state index is -3.93. The molecule has 0 spiro atoms. The Bertz CT molecular complexity index is 1590. The Kier molecular flexibility index (Phi) is 7.94. The topological polar surface area (TPSA) is 86.8 Å². The fourth-order valence-electron chi connectivity index (χ4n) is 5.63. The third-order valence-electron chi connectivity index (χ3n) is 7.31. The van der Waals surface area contributed by atoms with E-state index in [4.69, 9.17) is 23.2 Å². The lowest BCUT2D eigenvalue weighted by Gasteiger charge is -2.34. The number of anilines is 1. The van der Waals surface area contributed by atoms with Crippen LogP contribution in [-0.2, 0) is 14.8 Å². The zero-order valence-electron chi connectivity index (χ0n) is 21.9. The van der Waals surface area contributed by atoms with Crippen molar-refractivity contribution in [3.8, 4) is 0 Å². The van der Waals surface area contributed by atoms with E-state index in [0.29, 0.717) is 29.4 Å². The second-order valence-electron chi connectivity index (χ2n) is 10.5. The fraction of sp³-hybridized carbons (Fsp3) is 0.310. The molecule has 2 heterocycles. The summed E-state index contributed by atoms with van der Waals surface area (Å²) >= 11 is 12.8. The number of carbonyl (C=O) groups excluding carboxylic acids is 2. The first-order chi connectivity index (χ1) is 19.0. The van der Waals surface area contributed by atoms with E-state index in [9.17, 15) is 18.0 Å². The van der Waals surface area contributed by atoms with Crippen LogP contribution < -0.4 is 5.32 Å². The van der Waals surface area contributed by atoms with Crippen LogP contribution in [0.25, 0.3) is 0 Å². The maximum atomic E-state index is 15.2. The number of hydrogen-bond donors (Lipinski definition) is 1. The maximum Gasteiger partial charge on any atom is 0.256 e. The lowest BCUT2D eigenvalue weighted by Crippen LogP contribution is -2.42. The molecule has 210 valence electrons. The first-order valence-corrected chi connectivity index (χ1v) is 15.1. The van der Waals surface area contributed by atoms with E-state index in [1.165, 1.54) is 45.6 Å². The number of halogens is 3. The van der Waals surface area contributed by atoms with Crippen molar-refractivity contribution in [1.29, 1.82) is 0 Å². The highest BCUT2D eigenvalue weighted by molar-refractivity contribution is 7.89. The Labute approximate surface area is 242 Å². The summed E-state index contributed by atoms with van der Waals surface area (Å²) in [6, 6.07) is 13.6. The molecule has 3 aromatic carbocycles. The predicted octanol–water partition coefficient (Wildman–Crippen LogP) is 5.98. The Hall–Kier alpha value is -2.98. The zero-order valence-corrected chi connectivity index (χ0v) is 24.2. The molecular weight excluding hydrogens is 576 g/mol. The molecule has 3 atom stereocenters. The molecule has 0 aromatic heterocycles. The van der Waals surface area contributed by atoms with Crippen LogP contribution in [0.3, 0.4) is 0 Å². The number of benzene rings is 3. The minimum absolute atomic E-state index is 0.00702. The SMILES string of the molecule is CC1CC(C)CN(S(=O)(=O)c2ccc(Cl)c(C(=O)N3CC(=O)Nc4ccc(Cl)cc4C3c3ccccc3F)c2)C1. The molecule has 40 heavy (non-hydrogen) atoms. The Morgan fingerprint density at radius 2 is 1.68 bits per heavy atom. The second kappa shape index (κ2) is 11.1. The first kappa shape index (κ1) is 28.5. The van der Waals surface area contributed by atoms with Gasteiger partial charge in [-0.05, 0) is 60.7 Å². The molecule has 2 aliphatic heterocycles. The fourth-order valence-corrected chi connectivity index (χ4v) is 7.72. The van der Waals surface area contributed by atoms with Gasteiger partial charge in [0, 0.05) is 34.9 Å². The third-order valence-corrected chi connectivity index (χ3v) is 9.70. The molecular formula is C29H28Cl2FN3O4S. The van der Waals surface area contributed by atoms with Crippen molar-refractivity contribution in [1.82, 2.24) is 9.21 Å². The first-order valence-electron chi connectivity index (χ1n) is 12.9. The van der Waals surface area contributed by atoms with E-state index in [2.05, 4.69) is 5.32 Å². The Morgan fingerprint density at radius 1 is 0.975 bits per heavy atom. The van der Waals surface area contributed by atoms with E-state index in [-0.39, 0.29) is 32.9 Å². The summed E-state index contributed by atoms with van der Waals surface area (Å²) in [6.45, 7) is 4.33. The summed E-state index contributed by atoms with van der Waals surface area (Å²) in [5, 5.41) is 3.10. The van der Waals surface area contributed by atoms with Gasteiger partial charge >= 0.3 is 0 Å². The van der Waals surface area contributed by atoms with E-state index in [0.717, 1.165) is 6.42 Å². The lowest BCUT2D eigenvalue weighted by atomic mass is 9.94. The molecule has 3 aromatic rings. The number of sulfonamides is 1. The van der Waals surface area contributed by atoms with Crippen molar-refractivity contribution >= 4 is 50.7 Å². The molecule has 1 saturated heterocycles. The van der Waals surface area contributed by atoms with Crippen LogP contribution in [-0.4, -0.2) is 49.1 Å². The number of nitrogens with one attached hydrogen (secondary N) is 1. The molecule has 11 heteroatoms. The van der Waals surface area contributed by atoms with Crippen molar-refractivity contribution < 1.29 is 22.4 Å². The average molecular weight is 605 g/mol. The average Bonchev–Trinajstić information content (AvgIpc) is 3.04. The molecule has 0 bridgehead atoms. The quantitative estimate of drug-likeness (QED) is 0.397. The smallest absolute Gasteiger partial charge is 0.256 e. The van der Waals surface area contributed by atoms with E-state index < -0.39 is 40.2 Å². The highest BCUT2D eigenvalue weighted by atomic mass is 35.5. The van der Waals surface area contributed by atoms with Crippen LogP contribution in [0.15, 0.2) is 65.6 Å². The minimum Gasteiger partial charge on any atom is -0.324 e. The normalized spacial score (nSPS) is 21.9. The second-order valence-corrected chi connectivity index (χ2v) is 13.3. The molecule has 1 fully saturated rings. The van der Waals surface area contributed by atoms with Gasteiger partial charge in [0.05, 0.1) is 21.5 Å². The molecule has 2 amide bonds. The molecule has 0 saturated carbocycles. The standard InChI is InChI=1S/C29H28Cl2FN3O4S/c1-17-11-18(2)15-34(14-17)40(38,39)20-8-9-24(31)22(13-20)29(37)35-16-27(36)33-26-10-7-19(30)12-23(26)28(35)21-5-3-4-6-25(21)32/h3-10,12-13,17-18,28H,11,14-16H2,1-2H3,(H,33,36). The summed E-state index contributed by atoms with van der Waals surface area (Å²) in [4.78, 5) is 28.2. The highest BCUT2D eigenvalue weighted by Crippen LogP contribution is 2.40. The van der Waals surface area contributed by atoms with E-state index in [1.54, 1.807) is 24.3 Å². The van der Waals surface area contributed by atoms with Crippen molar-refractivity contribution in [2.45, 2.75) is 31.2 Å². The van der Waals surface area contributed by atoms with Crippen molar-refractivity contribution in [3.63, 3.8) is 0 Å². The van der Waals surface area contributed by atoms with Gasteiger partial charge in [0.1, 0.15) is 12.4 Å². The monoisotopic (exact) mass is 603 g/mol. The maximum absolute atomic E-state index is 15.2. The van der Waals surface area contributed by atoms with Gasteiger partial charge in [0.2, 0.25) is 15.9 Å². The van der Waals surface area contributed by atoms with Crippen LogP contribution in [0, 0.1) is 17.7 Å².